The number of para-hydroxylation sites is 1. The van der Waals surface area contributed by atoms with Gasteiger partial charge < -0.3 is 9.88 Å². The van der Waals surface area contributed by atoms with Crippen molar-refractivity contribution in [1.29, 1.82) is 0 Å². The molecule has 21 heavy (non-hydrogen) atoms. The lowest BCUT2D eigenvalue weighted by atomic mass is 10.2. The number of halogens is 1. The van der Waals surface area contributed by atoms with Gasteiger partial charge in [0.15, 0.2) is 4.90 Å². The number of pyridine rings is 1. The van der Waals surface area contributed by atoms with Crippen molar-refractivity contribution in [2.45, 2.75) is 4.90 Å². The number of rotatable bonds is 4. The number of aromatic amines is 1. The Hall–Kier alpha value is -1.99. The van der Waals surface area contributed by atoms with E-state index in [1.165, 1.54) is 6.20 Å². The van der Waals surface area contributed by atoms with Gasteiger partial charge in [0.05, 0.1) is 16.4 Å². The predicted octanol–water partition coefficient (Wildman–Crippen LogP) is 1.90. The third kappa shape index (κ3) is 3.20. The number of nitrogens with zero attached hydrogens (tertiary/aromatic N) is 1. The van der Waals surface area contributed by atoms with E-state index in [4.69, 9.17) is 11.6 Å². The molecule has 0 aliphatic carbocycles. The second kappa shape index (κ2) is 5.79. The molecule has 0 aliphatic heterocycles. The minimum absolute atomic E-state index is 0.302. The number of hydrogen-bond donors (Lipinski definition) is 2. The second-order valence-corrected chi connectivity index (χ2v) is 6.57. The number of H-pyrrole nitrogens is 1. The molecule has 6 nitrogen and oxygen atoms in total. The molecule has 0 saturated heterocycles. The highest BCUT2D eigenvalue weighted by atomic mass is 35.5. The number of aromatic nitrogens is 1. The summed E-state index contributed by atoms with van der Waals surface area (Å²) in [6.07, 6.45) is 2.51. The van der Waals surface area contributed by atoms with Crippen molar-refractivity contribution < 1.29 is 8.42 Å². The lowest BCUT2D eigenvalue weighted by molar-refractivity contribution is 0.600. The summed E-state index contributed by atoms with van der Waals surface area (Å²) < 4.78 is 27.0. The van der Waals surface area contributed by atoms with E-state index in [1.54, 1.807) is 37.2 Å². The van der Waals surface area contributed by atoms with Crippen LogP contribution in [0.5, 0.6) is 0 Å². The molecule has 0 amide bonds. The number of hydrogen-bond acceptors (Lipinski definition) is 4. The molecule has 1 aromatic heterocycles. The molecule has 0 spiro atoms. The number of nitrogens with one attached hydrogen (secondary N) is 2. The molecular weight excluding hydrogens is 314 g/mol. The van der Waals surface area contributed by atoms with Gasteiger partial charge in [-0.3, -0.25) is 9.52 Å². The Kier molecular flexibility index (Phi) is 4.24. The molecule has 1 heterocycles. The van der Waals surface area contributed by atoms with Gasteiger partial charge in [-0.2, -0.15) is 0 Å². The zero-order chi connectivity index (χ0) is 15.6. The lowest BCUT2D eigenvalue weighted by Crippen LogP contribution is -2.22. The van der Waals surface area contributed by atoms with Crippen LogP contribution in [-0.4, -0.2) is 27.5 Å². The minimum Gasteiger partial charge on any atom is -0.375 e. The summed E-state index contributed by atoms with van der Waals surface area (Å²) in [6, 6.07) is 6.02. The highest BCUT2D eigenvalue weighted by molar-refractivity contribution is 7.92. The van der Waals surface area contributed by atoms with Crippen LogP contribution in [-0.2, 0) is 10.0 Å². The Bertz CT molecular complexity index is 815. The highest BCUT2D eigenvalue weighted by Gasteiger charge is 2.20. The van der Waals surface area contributed by atoms with Gasteiger partial charge in [0, 0.05) is 32.6 Å². The maximum atomic E-state index is 12.3. The van der Waals surface area contributed by atoms with Gasteiger partial charge in [0.2, 0.25) is 5.43 Å². The van der Waals surface area contributed by atoms with Crippen LogP contribution in [0.4, 0.5) is 11.4 Å². The molecule has 1 aromatic carbocycles. The van der Waals surface area contributed by atoms with Crippen LogP contribution in [0.25, 0.3) is 0 Å². The molecule has 0 atom stereocenters. The number of benzene rings is 1. The third-order valence-electron chi connectivity index (χ3n) is 2.76. The van der Waals surface area contributed by atoms with Crippen molar-refractivity contribution in [3.8, 4) is 0 Å². The molecule has 0 radical (unpaired) electrons. The van der Waals surface area contributed by atoms with E-state index < -0.39 is 15.5 Å². The Morgan fingerprint density at radius 3 is 2.57 bits per heavy atom. The van der Waals surface area contributed by atoms with Crippen LogP contribution < -0.4 is 15.1 Å². The van der Waals surface area contributed by atoms with Crippen LogP contribution >= 0.6 is 11.6 Å². The summed E-state index contributed by atoms with van der Waals surface area (Å²) in [5.74, 6) is 0. The van der Waals surface area contributed by atoms with Gasteiger partial charge in [0.25, 0.3) is 10.0 Å². The van der Waals surface area contributed by atoms with Crippen LogP contribution in [0, 0.1) is 0 Å². The van der Waals surface area contributed by atoms with Crippen molar-refractivity contribution in [3.05, 3.63) is 51.9 Å². The van der Waals surface area contributed by atoms with E-state index in [9.17, 15) is 13.2 Å². The first-order valence-electron chi connectivity index (χ1n) is 5.98. The van der Waals surface area contributed by atoms with E-state index in [2.05, 4.69) is 9.71 Å². The summed E-state index contributed by atoms with van der Waals surface area (Å²) in [6.45, 7) is 0. The minimum atomic E-state index is -4.00. The van der Waals surface area contributed by atoms with Crippen molar-refractivity contribution in [3.63, 3.8) is 0 Å². The predicted molar refractivity (Wildman–Crippen MR) is 83.7 cm³/mol. The van der Waals surface area contributed by atoms with Gasteiger partial charge >= 0.3 is 0 Å². The molecule has 2 aromatic rings. The maximum Gasteiger partial charge on any atom is 0.267 e. The zero-order valence-electron chi connectivity index (χ0n) is 11.4. The second-order valence-electron chi connectivity index (χ2n) is 4.51. The van der Waals surface area contributed by atoms with Gasteiger partial charge in [-0.25, -0.2) is 8.42 Å². The van der Waals surface area contributed by atoms with E-state index in [1.807, 2.05) is 0 Å². The molecule has 0 bridgehead atoms. The normalized spacial score (nSPS) is 11.2. The monoisotopic (exact) mass is 327 g/mol. The Morgan fingerprint density at radius 2 is 1.95 bits per heavy atom. The molecule has 112 valence electrons. The van der Waals surface area contributed by atoms with Crippen molar-refractivity contribution in [2.75, 3.05) is 23.7 Å². The molecule has 0 saturated carbocycles. The Balaban J connectivity index is 2.50. The fraction of sp³-hybridized carbons (Fsp3) is 0.154. The Morgan fingerprint density at radius 1 is 1.24 bits per heavy atom. The van der Waals surface area contributed by atoms with E-state index >= 15 is 0 Å². The maximum absolute atomic E-state index is 12.3. The number of sulfonamides is 1. The van der Waals surface area contributed by atoms with E-state index in [0.717, 1.165) is 12.3 Å². The van der Waals surface area contributed by atoms with Gasteiger partial charge in [-0.15, -0.1) is 0 Å². The molecule has 2 N–H and O–H groups in total. The topological polar surface area (TPSA) is 82.3 Å². The Labute approximate surface area is 127 Å². The SMILES string of the molecule is CN(C)c1c(Cl)cccc1NS(=O)(=O)c1c[nH]ccc1=O. The fourth-order valence-electron chi connectivity index (χ4n) is 1.86. The molecule has 0 unspecified atom stereocenters. The molecule has 8 heteroatoms. The van der Waals surface area contributed by atoms with Crippen LogP contribution in [0.3, 0.4) is 0 Å². The van der Waals surface area contributed by atoms with E-state index in [0.29, 0.717) is 16.4 Å². The first-order valence-corrected chi connectivity index (χ1v) is 7.85. The van der Waals surface area contributed by atoms with Crippen molar-refractivity contribution in [2.24, 2.45) is 0 Å². The van der Waals surface area contributed by atoms with Crippen LogP contribution in [0.1, 0.15) is 0 Å². The average molecular weight is 328 g/mol. The summed E-state index contributed by atoms with van der Waals surface area (Å²) in [5.41, 5.74) is 0.237. The van der Waals surface area contributed by atoms with Crippen LogP contribution in [0.15, 0.2) is 46.3 Å². The van der Waals surface area contributed by atoms with Crippen LogP contribution in [0.2, 0.25) is 5.02 Å². The highest BCUT2D eigenvalue weighted by Crippen LogP contribution is 2.33. The van der Waals surface area contributed by atoms with Crippen molar-refractivity contribution in [1.82, 2.24) is 4.98 Å². The molecule has 0 aliphatic rings. The average Bonchev–Trinajstić information content (AvgIpc) is 2.38. The van der Waals surface area contributed by atoms with E-state index in [-0.39, 0.29) is 4.90 Å². The largest absolute Gasteiger partial charge is 0.375 e. The van der Waals surface area contributed by atoms with Gasteiger partial charge in [-0.1, -0.05) is 17.7 Å². The first-order chi connectivity index (χ1) is 9.83. The summed E-state index contributed by atoms with van der Waals surface area (Å²) in [7, 11) is -0.507. The summed E-state index contributed by atoms with van der Waals surface area (Å²) in [4.78, 5) is 15.6. The summed E-state index contributed by atoms with van der Waals surface area (Å²) in [5, 5.41) is 0.405. The first kappa shape index (κ1) is 15.4. The quantitative estimate of drug-likeness (QED) is 0.898. The van der Waals surface area contributed by atoms with Crippen molar-refractivity contribution >= 4 is 33.0 Å². The smallest absolute Gasteiger partial charge is 0.267 e. The molecule has 0 fully saturated rings. The zero-order valence-corrected chi connectivity index (χ0v) is 13.0. The van der Waals surface area contributed by atoms with Gasteiger partial charge in [0.1, 0.15) is 0 Å². The number of anilines is 2. The lowest BCUT2D eigenvalue weighted by Gasteiger charge is -2.19. The molecular formula is C13H14ClN3O3S. The third-order valence-corrected chi connectivity index (χ3v) is 4.45. The van der Waals surface area contributed by atoms with Gasteiger partial charge in [-0.05, 0) is 12.1 Å². The standard InChI is InChI=1S/C13H14ClN3O3S/c1-17(2)13-9(14)4-3-5-10(13)16-21(19,20)12-8-15-7-6-11(12)18/h3-8,16H,1-2H3,(H,15,18). The fourth-order valence-corrected chi connectivity index (χ4v) is 3.33. The molecule has 2 rings (SSSR count). The summed E-state index contributed by atoms with van der Waals surface area (Å²) >= 11 is 6.09.